The van der Waals surface area contributed by atoms with E-state index >= 15 is 0 Å². The van der Waals surface area contributed by atoms with Crippen molar-refractivity contribution in [1.29, 1.82) is 0 Å². The molecule has 0 unspecified atom stereocenters. The highest BCUT2D eigenvalue weighted by atomic mass is 32.1. The number of nitrogens with zero attached hydrogens (tertiary/aromatic N) is 3. The standard InChI is InChI=1S/C14H26N4S/c1-4-12-13(9-15)19-14(16-12)18-7-5-11(6-8-18)10-17(2)3/h11H,4-10,15H2,1-3H3. The van der Waals surface area contributed by atoms with E-state index in [4.69, 9.17) is 10.7 Å². The highest BCUT2D eigenvalue weighted by molar-refractivity contribution is 7.15. The first-order valence-corrected chi connectivity index (χ1v) is 8.04. The highest BCUT2D eigenvalue weighted by Crippen LogP contribution is 2.30. The lowest BCUT2D eigenvalue weighted by Gasteiger charge is -2.33. The molecule has 1 saturated heterocycles. The van der Waals surface area contributed by atoms with Crippen molar-refractivity contribution < 1.29 is 0 Å². The molecular weight excluding hydrogens is 256 g/mol. The van der Waals surface area contributed by atoms with Gasteiger partial charge in [0.15, 0.2) is 5.13 Å². The molecule has 19 heavy (non-hydrogen) atoms. The topological polar surface area (TPSA) is 45.4 Å². The van der Waals surface area contributed by atoms with Crippen LogP contribution in [0.4, 0.5) is 5.13 Å². The highest BCUT2D eigenvalue weighted by Gasteiger charge is 2.22. The van der Waals surface area contributed by atoms with Crippen molar-refractivity contribution in [2.24, 2.45) is 11.7 Å². The van der Waals surface area contributed by atoms with Crippen molar-refractivity contribution in [1.82, 2.24) is 9.88 Å². The van der Waals surface area contributed by atoms with Gasteiger partial charge >= 0.3 is 0 Å². The minimum Gasteiger partial charge on any atom is -0.348 e. The van der Waals surface area contributed by atoms with Gasteiger partial charge in [-0.05, 0) is 39.3 Å². The van der Waals surface area contributed by atoms with Gasteiger partial charge in [0.05, 0.1) is 5.69 Å². The van der Waals surface area contributed by atoms with Crippen LogP contribution in [0.3, 0.4) is 0 Å². The summed E-state index contributed by atoms with van der Waals surface area (Å²) in [5.41, 5.74) is 6.98. The van der Waals surface area contributed by atoms with Crippen molar-refractivity contribution in [2.45, 2.75) is 32.7 Å². The Bertz CT molecular complexity index is 373. The molecule has 4 nitrogen and oxygen atoms in total. The summed E-state index contributed by atoms with van der Waals surface area (Å²) in [5, 5.41) is 1.18. The zero-order valence-corrected chi connectivity index (χ0v) is 13.2. The molecule has 108 valence electrons. The molecule has 1 aliphatic rings. The zero-order valence-electron chi connectivity index (χ0n) is 12.4. The average molecular weight is 282 g/mol. The van der Waals surface area contributed by atoms with Crippen LogP contribution in [-0.4, -0.2) is 43.6 Å². The van der Waals surface area contributed by atoms with Gasteiger partial charge in [0.2, 0.25) is 0 Å². The number of nitrogens with two attached hydrogens (primary N) is 1. The number of aromatic nitrogens is 1. The Kier molecular flexibility index (Phi) is 5.19. The molecule has 1 aromatic rings. The maximum atomic E-state index is 5.79. The lowest BCUT2D eigenvalue weighted by molar-refractivity contribution is 0.285. The van der Waals surface area contributed by atoms with Gasteiger partial charge in [0.1, 0.15) is 0 Å². The zero-order chi connectivity index (χ0) is 13.8. The van der Waals surface area contributed by atoms with E-state index in [1.54, 1.807) is 11.3 Å². The third-order valence-corrected chi connectivity index (χ3v) is 4.98. The fourth-order valence-corrected chi connectivity index (χ4v) is 3.84. The van der Waals surface area contributed by atoms with Crippen LogP contribution in [0.5, 0.6) is 0 Å². The molecule has 2 rings (SSSR count). The van der Waals surface area contributed by atoms with Crippen molar-refractivity contribution in [3.63, 3.8) is 0 Å². The van der Waals surface area contributed by atoms with E-state index in [0.717, 1.165) is 25.4 Å². The second-order valence-electron chi connectivity index (χ2n) is 5.62. The molecule has 2 heterocycles. The Morgan fingerprint density at radius 1 is 1.37 bits per heavy atom. The summed E-state index contributed by atoms with van der Waals surface area (Å²) in [7, 11) is 4.32. The fourth-order valence-electron chi connectivity index (χ4n) is 2.76. The Hall–Kier alpha value is -0.650. The molecule has 0 atom stereocenters. The average Bonchev–Trinajstić information content (AvgIpc) is 2.82. The number of aryl methyl sites for hydroxylation is 1. The third kappa shape index (κ3) is 3.68. The lowest BCUT2D eigenvalue weighted by atomic mass is 9.97. The predicted octanol–water partition coefficient (Wildman–Crippen LogP) is 1.94. The van der Waals surface area contributed by atoms with Crippen LogP contribution in [0.2, 0.25) is 0 Å². The Morgan fingerprint density at radius 2 is 2.05 bits per heavy atom. The third-order valence-electron chi connectivity index (χ3n) is 3.80. The van der Waals surface area contributed by atoms with Crippen LogP contribution in [0, 0.1) is 5.92 Å². The summed E-state index contributed by atoms with van der Waals surface area (Å²) in [6.45, 7) is 6.26. The van der Waals surface area contributed by atoms with E-state index in [1.807, 2.05) is 0 Å². The Balaban J connectivity index is 1.95. The maximum absolute atomic E-state index is 5.79. The first-order valence-electron chi connectivity index (χ1n) is 7.22. The quantitative estimate of drug-likeness (QED) is 0.896. The minimum atomic E-state index is 0.623. The number of thiazole rings is 1. The van der Waals surface area contributed by atoms with E-state index in [9.17, 15) is 0 Å². The van der Waals surface area contributed by atoms with Crippen LogP contribution >= 0.6 is 11.3 Å². The second-order valence-corrected chi connectivity index (χ2v) is 6.68. The summed E-state index contributed by atoms with van der Waals surface area (Å²) < 4.78 is 0. The van der Waals surface area contributed by atoms with Crippen LogP contribution in [0.1, 0.15) is 30.3 Å². The monoisotopic (exact) mass is 282 g/mol. The molecule has 0 bridgehead atoms. The molecule has 0 amide bonds. The van der Waals surface area contributed by atoms with Crippen LogP contribution in [0.15, 0.2) is 0 Å². The Labute approximate surface area is 120 Å². The molecule has 2 N–H and O–H groups in total. The van der Waals surface area contributed by atoms with Crippen molar-refractivity contribution in [3.8, 4) is 0 Å². The number of piperidine rings is 1. The summed E-state index contributed by atoms with van der Waals surface area (Å²) in [4.78, 5) is 10.8. The molecule has 0 saturated carbocycles. The Morgan fingerprint density at radius 3 is 2.53 bits per heavy atom. The van der Waals surface area contributed by atoms with Gasteiger partial charge in [-0.3, -0.25) is 0 Å². The first kappa shape index (κ1) is 14.8. The van der Waals surface area contributed by atoms with Crippen molar-refractivity contribution in [2.75, 3.05) is 38.6 Å². The summed E-state index contributed by atoms with van der Waals surface area (Å²) in [6, 6.07) is 0. The van der Waals surface area contributed by atoms with Crippen molar-refractivity contribution in [3.05, 3.63) is 10.6 Å². The van der Waals surface area contributed by atoms with Crippen LogP contribution in [-0.2, 0) is 13.0 Å². The van der Waals surface area contributed by atoms with Crippen LogP contribution < -0.4 is 10.6 Å². The van der Waals surface area contributed by atoms with E-state index < -0.39 is 0 Å². The van der Waals surface area contributed by atoms with Gasteiger partial charge in [-0.2, -0.15) is 0 Å². The lowest BCUT2D eigenvalue weighted by Crippen LogP contribution is -2.37. The molecule has 1 aromatic heterocycles. The number of anilines is 1. The number of rotatable bonds is 5. The van der Waals surface area contributed by atoms with E-state index in [1.165, 1.54) is 35.1 Å². The maximum Gasteiger partial charge on any atom is 0.185 e. The predicted molar refractivity (Wildman–Crippen MR) is 82.9 cm³/mol. The van der Waals surface area contributed by atoms with Gasteiger partial charge in [0, 0.05) is 31.1 Å². The summed E-state index contributed by atoms with van der Waals surface area (Å²) in [5.74, 6) is 0.839. The SMILES string of the molecule is CCc1nc(N2CCC(CN(C)C)CC2)sc1CN. The minimum absolute atomic E-state index is 0.623. The van der Waals surface area contributed by atoms with Gasteiger partial charge in [-0.1, -0.05) is 6.92 Å². The summed E-state index contributed by atoms with van der Waals surface area (Å²) in [6.07, 6.45) is 3.54. The van der Waals surface area contributed by atoms with E-state index in [2.05, 4.69) is 30.8 Å². The molecule has 0 aliphatic carbocycles. The second kappa shape index (κ2) is 6.68. The fraction of sp³-hybridized carbons (Fsp3) is 0.786. The van der Waals surface area contributed by atoms with E-state index in [0.29, 0.717) is 6.54 Å². The van der Waals surface area contributed by atoms with Crippen LogP contribution in [0.25, 0.3) is 0 Å². The summed E-state index contributed by atoms with van der Waals surface area (Å²) >= 11 is 1.79. The van der Waals surface area contributed by atoms with Gasteiger partial charge in [-0.15, -0.1) is 11.3 Å². The van der Waals surface area contributed by atoms with E-state index in [-0.39, 0.29) is 0 Å². The molecule has 0 spiro atoms. The van der Waals surface area contributed by atoms with Gasteiger partial charge in [-0.25, -0.2) is 4.98 Å². The van der Waals surface area contributed by atoms with Crippen molar-refractivity contribution >= 4 is 16.5 Å². The molecule has 1 fully saturated rings. The normalized spacial score (nSPS) is 17.4. The molecule has 0 aromatic carbocycles. The first-order chi connectivity index (χ1) is 9.13. The molecule has 1 aliphatic heterocycles. The smallest absolute Gasteiger partial charge is 0.185 e. The van der Waals surface area contributed by atoms with Gasteiger partial charge < -0.3 is 15.5 Å². The largest absolute Gasteiger partial charge is 0.348 e. The molecule has 0 radical (unpaired) electrons. The van der Waals surface area contributed by atoms with Gasteiger partial charge in [0.25, 0.3) is 0 Å². The number of hydrogen-bond donors (Lipinski definition) is 1. The molecular formula is C14H26N4S. The number of hydrogen-bond acceptors (Lipinski definition) is 5. The molecule has 5 heteroatoms.